The van der Waals surface area contributed by atoms with Crippen LogP contribution in [0.3, 0.4) is 0 Å². The van der Waals surface area contributed by atoms with Crippen LogP contribution in [0.15, 0.2) is 12.4 Å². The molecule has 7 heteroatoms. The fourth-order valence-corrected chi connectivity index (χ4v) is 3.33. The van der Waals surface area contributed by atoms with Gasteiger partial charge in [-0.15, -0.1) is 0 Å². The van der Waals surface area contributed by atoms with Crippen molar-refractivity contribution in [3.8, 4) is 0 Å². The number of hydrogen-bond donors (Lipinski definition) is 0. The first-order valence-electron chi connectivity index (χ1n) is 7.69. The van der Waals surface area contributed by atoms with Gasteiger partial charge < -0.3 is 19.1 Å². The molecule has 2 saturated heterocycles. The highest BCUT2D eigenvalue weighted by atomic mass is 16.6. The van der Waals surface area contributed by atoms with Gasteiger partial charge in [0.1, 0.15) is 11.4 Å². The summed E-state index contributed by atoms with van der Waals surface area (Å²) in [5.41, 5.74) is -0.509. The van der Waals surface area contributed by atoms with Crippen LogP contribution in [0.1, 0.15) is 25.1 Å². The molecule has 1 aromatic rings. The number of rotatable bonds is 3. The quantitative estimate of drug-likeness (QED) is 0.836. The van der Waals surface area contributed by atoms with Gasteiger partial charge in [0.05, 0.1) is 13.1 Å². The fraction of sp³-hybridized carbons (Fsp3) is 0.667. The zero-order valence-electron chi connectivity index (χ0n) is 13.1. The van der Waals surface area contributed by atoms with Gasteiger partial charge in [0, 0.05) is 39.0 Å². The third kappa shape index (κ3) is 2.80. The molecule has 2 fully saturated rings. The summed E-state index contributed by atoms with van der Waals surface area (Å²) < 4.78 is 7.50. The maximum absolute atomic E-state index is 12.4. The largest absolute Gasteiger partial charge is 0.439 e. The maximum atomic E-state index is 12.4. The number of amides is 2. The minimum absolute atomic E-state index is 0.109. The maximum Gasteiger partial charge on any atom is 0.410 e. The zero-order valence-corrected chi connectivity index (χ0v) is 13.1. The van der Waals surface area contributed by atoms with Gasteiger partial charge in [-0.25, -0.2) is 9.78 Å². The molecule has 0 aromatic carbocycles. The van der Waals surface area contributed by atoms with Crippen molar-refractivity contribution in [1.82, 2.24) is 19.4 Å². The molecular formula is C15H22N4O3. The predicted octanol–water partition coefficient (Wildman–Crippen LogP) is 1.02. The van der Waals surface area contributed by atoms with Gasteiger partial charge in [-0.1, -0.05) is 0 Å². The lowest BCUT2D eigenvalue weighted by Crippen LogP contribution is -2.52. The third-order valence-corrected chi connectivity index (χ3v) is 4.52. The second-order valence-electron chi connectivity index (χ2n) is 6.24. The number of likely N-dealkylation sites (N-methyl/N-ethyl adjacent to an activating group) is 1. The Morgan fingerprint density at radius 3 is 2.91 bits per heavy atom. The van der Waals surface area contributed by atoms with Crippen LogP contribution in [-0.4, -0.2) is 63.6 Å². The number of likely N-dealkylation sites (tertiary alicyclic amines) is 1. The molecule has 0 radical (unpaired) electrons. The SMILES string of the molecule is Cc1nccn1CCC(=O)N1CCC[C@]2(CN(C)C(=O)O2)C1. The lowest BCUT2D eigenvalue weighted by molar-refractivity contribution is -0.137. The minimum atomic E-state index is -0.509. The Bertz CT molecular complexity index is 585. The lowest BCUT2D eigenvalue weighted by atomic mass is 9.92. The molecule has 2 aliphatic rings. The molecule has 0 N–H and O–H groups in total. The van der Waals surface area contributed by atoms with Crippen molar-refractivity contribution in [2.75, 3.05) is 26.7 Å². The van der Waals surface area contributed by atoms with Crippen molar-refractivity contribution in [1.29, 1.82) is 0 Å². The second kappa shape index (κ2) is 5.62. The number of ether oxygens (including phenoxy) is 1. The number of hydrogen-bond acceptors (Lipinski definition) is 4. The average molecular weight is 306 g/mol. The van der Waals surface area contributed by atoms with E-state index in [0.717, 1.165) is 25.2 Å². The first kappa shape index (κ1) is 14.9. The summed E-state index contributed by atoms with van der Waals surface area (Å²) in [5.74, 6) is 1.02. The van der Waals surface area contributed by atoms with Gasteiger partial charge in [-0.2, -0.15) is 0 Å². The summed E-state index contributed by atoms with van der Waals surface area (Å²) in [7, 11) is 1.74. The van der Waals surface area contributed by atoms with Gasteiger partial charge in [-0.3, -0.25) is 4.79 Å². The number of piperidine rings is 1. The summed E-state index contributed by atoms with van der Waals surface area (Å²) in [4.78, 5) is 31.7. The molecule has 1 aromatic heterocycles. The molecule has 22 heavy (non-hydrogen) atoms. The van der Waals surface area contributed by atoms with Crippen LogP contribution >= 0.6 is 0 Å². The number of carbonyl (C=O) groups is 2. The summed E-state index contributed by atoms with van der Waals surface area (Å²) >= 11 is 0. The van der Waals surface area contributed by atoms with Crippen LogP contribution in [-0.2, 0) is 16.1 Å². The van der Waals surface area contributed by atoms with Gasteiger partial charge in [0.2, 0.25) is 5.91 Å². The number of carbonyl (C=O) groups excluding carboxylic acids is 2. The van der Waals surface area contributed by atoms with E-state index in [-0.39, 0.29) is 12.0 Å². The second-order valence-corrected chi connectivity index (χ2v) is 6.24. The average Bonchev–Trinajstić information content (AvgIpc) is 3.00. The Labute approximate surface area is 129 Å². The van der Waals surface area contributed by atoms with Crippen molar-refractivity contribution in [2.45, 2.75) is 38.3 Å². The Balaban J connectivity index is 1.59. The summed E-state index contributed by atoms with van der Waals surface area (Å²) in [5, 5.41) is 0. The standard InChI is InChI=1S/C15H22N4O3/c1-12-16-6-9-18(12)8-4-13(20)19-7-3-5-15(11-19)10-17(2)14(21)22-15/h6,9H,3-5,7-8,10-11H2,1-2H3/t15-/m0/s1. The van der Waals surface area contributed by atoms with Crippen molar-refractivity contribution in [3.05, 3.63) is 18.2 Å². The monoisotopic (exact) mass is 306 g/mol. The van der Waals surface area contributed by atoms with Crippen LogP contribution in [0, 0.1) is 6.92 Å². The molecule has 1 spiro atoms. The molecule has 0 bridgehead atoms. The highest BCUT2D eigenvalue weighted by Crippen LogP contribution is 2.31. The Morgan fingerprint density at radius 2 is 2.27 bits per heavy atom. The van der Waals surface area contributed by atoms with Crippen LogP contribution in [0.4, 0.5) is 4.79 Å². The Hall–Kier alpha value is -2.05. The number of imidazole rings is 1. The molecule has 1 atom stereocenters. The molecular weight excluding hydrogens is 284 g/mol. The van der Waals surface area contributed by atoms with Crippen molar-refractivity contribution < 1.29 is 14.3 Å². The molecule has 3 heterocycles. The summed E-state index contributed by atoms with van der Waals surface area (Å²) in [6, 6.07) is 0. The van der Waals surface area contributed by atoms with Crippen LogP contribution in [0.25, 0.3) is 0 Å². The normalized spacial score (nSPS) is 24.9. The molecule has 2 amide bonds. The topological polar surface area (TPSA) is 67.7 Å². The van der Waals surface area contributed by atoms with E-state index in [1.165, 1.54) is 0 Å². The number of aromatic nitrogens is 2. The molecule has 120 valence electrons. The van der Waals surface area contributed by atoms with E-state index in [4.69, 9.17) is 4.74 Å². The molecule has 2 aliphatic heterocycles. The number of nitrogens with zero attached hydrogens (tertiary/aromatic N) is 4. The van der Waals surface area contributed by atoms with Gasteiger partial charge in [0.15, 0.2) is 0 Å². The van der Waals surface area contributed by atoms with Crippen LogP contribution in [0.5, 0.6) is 0 Å². The summed E-state index contributed by atoms with van der Waals surface area (Å²) in [6.45, 7) is 4.37. The van der Waals surface area contributed by atoms with Gasteiger partial charge >= 0.3 is 6.09 Å². The van der Waals surface area contributed by atoms with Crippen LogP contribution < -0.4 is 0 Å². The lowest BCUT2D eigenvalue weighted by Gasteiger charge is -2.38. The van der Waals surface area contributed by atoms with E-state index in [1.807, 2.05) is 22.6 Å². The highest BCUT2D eigenvalue weighted by molar-refractivity contribution is 5.77. The van der Waals surface area contributed by atoms with E-state index < -0.39 is 5.60 Å². The van der Waals surface area contributed by atoms with Crippen molar-refractivity contribution >= 4 is 12.0 Å². The van der Waals surface area contributed by atoms with Crippen molar-refractivity contribution in [3.63, 3.8) is 0 Å². The minimum Gasteiger partial charge on any atom is -0.439 e. The van der Waals surface area contributed by atoms with Crippen molar-refractivity contribution in [2.24, 2.45) is 0 Å². The molecule has 3 rings (SSSR count). The van der Waals surface area contributed by atoms with E-state index in [1.54, 1.807) is 18.1 Å². The molecule has 0 aliphatic carbocycles. The Kier molecular flexibility index (Phi) is 3.80. The van der Waals surface area contributed by atoms with E-state index >= 15 is 0 Å². The number of aryl methyl sites for hydroxylation is 2. The van der Waals surface area contributed by atoms with Gasteiger partial charge in [-0.05, 0) is 19.8 Å². The molecule has 7 nitrogen and oxygen atoms in total. The first-order chi connectivity index (χ1) is 10.5. The zero-order chi connectivity index (χ0) is 15.7. The highest BCUT2D eigenvalue weighted by Gasteiger charge is 2.47. The smallest absolute Gasteiger partial charge is 0.410 e. The first-order valence-corrected chi connectivity index (χ1v) is 7.69. The predicted molar refractivity (Wildman–Crippen MR) is 79.2 cm³/mol. The fourth-order valence-electron chi connectivity index (χ4n) is 3.33. The summed E-state index contributed by atoms with van der Waals surface area (Å²) in [6.07, 6.45) is 5.47. The van der Waals surface area contributed by atoms with E-state index in [0.29, 0.717) is 26.1 Å². The van der Waals surface area contributed by atoms with E-state index in [2.05, 4.69) is 4.98 Å². The molecule has 0 saturated carbocycles. The van der Waals surface area contributed by atoms with Gasteiger partial charge in [0.25, 0.3) is 0 Å². The third-order valence-electron chi connectivity index (χ3n) is 4.52. The Morgan fingerprint density at radius 1 is 1.45 bits per heavy atom. The molecule has 0 unspecified atom stereocenters. The van der Waals surface area contributed by atoms with Crippen LogP contribution in [0.2, 0.25) is 0 Å². The van der Waals surface area contributed by atoms with E-state index in [9.17, 15) is 9.59 Å².